The second-order valence-corrected chi connectivity index (χ2v) is 5.64. The largest absolute Gasteiger partial charge is 0.480 e. The van der Waals surface area contributed by atoms with Crippen LogP contribution in [0.3, 0.4) is 0 Å². The predicted octanol–water partition coefficient (Wildman–Crippen LogP) is 3.11. The molecule has 1 heterocycles. The minimum Gasteiger partial charge on any atom is -0.480 e. The first-order valence-electron chi connectivity index (χ1n) is 7.14. The van der Waals surface area contributed by atoms with Crippen LogP contribution in [-0.4, -0.2) is 29.1 Å². The molecule has 0 aromatic heterocycles. The molecule has 0 aliphatic carbocycles. The molecule has 1 aromatic rings. The van der Waals surface area contributed by atoms with Crippen molar-refractivity contribution in [3.63, 3.8) is 0 Å². The molecule has 0 spiro atoms. The average molecular weight is 261 g/mol. The summed E-state index contributed by atoms with van der Waals surface area (Å²) in [5.74, 6) is -0.693. The normalized spacial score (nSPS) is 20.2. The Morgan fingerprint density at radius 2 is 1.74 bits per heavy atom. The molecule has 0 saturated carbocycles. The number of carboxylic acid groups (broad SMARTS) is 1. The van der Waals surface area contributed by atoms with Crippen molar-refractivity contribution in [2.45, 2.75) is 38.6 Å². The van der Waals surface area contributed by atoms with Gasteiger partial charge in [-0.05, 0) is 37.4 Å². The number of aliphatic carboxylic acids is 1. The smallest absolute Gasteiger partial charge is 0.329 e. The van der Waals surface area contributed by atoms with E-state index in [4.69, 9.17) is 0 Å². The topological polar surface area (TPSA) is 40.5 Å². The minimum atomic E-state index is -0.887. The maximum atomic E-state index is 12.1. The van der Waals surface area contributed by atoms with Crippen molar-refractivity contribution in [2.24, 2.45) is 5.92 Å². The molecule has 1 fully saturated rings. The van der Waals surface area contributed by atoms with Gasteiger partial charge in [-0.1, -0.05) is 50.6 Å². The monoisotopic (exact) mass is 261 g/mol. The Balaban J connectivity index is 2.50. The molecule has 1 aliphatic rings. The quantitative estimate of drug-likeness (QED) is 0.905. The Morgan fingerprint density at radius 1 is 1.16 bits per heavy atom. The Kier molecular flexibility index (Phi) is 4.25. The molecule has 1 N–H and O–H groups in total. The Morgan fingerprint density at radius 3 is 2.21 bits per heavy atom. The van der Waals surface area contributed by atoms with Crippen molar-refractivity contribution in [1.29, 1.82) is 0 Å². The van der Waals surface area contributed by atoms with Gasteiger partial charge in [0.05, 0.1) is 0 Å². The SMILES string of the molecule is CC(C)C(C(=O)O)(c1ccccc1)N1CCCCC1. The van der Waals surface area contributed by atoms with E-state index in [-0.39, 0.29) is 5.92 Å². The number of likely N-dealkylation sites (tertiary alicyclic amines) is 1. The number of hydrogen-bond acceptors (Lipinski definition) is 2. The van der Waals surface area contributed by atoms with Crippen LogP contribution in [-0.2, 0) is 10.3 Å². The van der Waals surface area contributed by atoms with Gasteiger partial charge >= 0.3 is 5.97 Å². The highest BCUT2D eigenvalue weighted by molar-refractivity contribution is 5.81. The number of nitrogens with zero attached hydrogens (tertiary/aromatic N) is 1. The van der Waals surface area contributed by atoms with Gasteiger partial charge in [-0.3, -0.25) is 4.90 Å². The molecule has 0 amide bonds. The number of benzene rings is 1. The highest BCUT2D eigenvalue weighted by Crippen LogP contribution is 2.38. The zero-order valence-corrected chi connectivity index (χ0v) is 11.8. The van der Waals surface area contributed by atoms with Gasteiger partial charge in [0.15, 0.2) is 0 Å². The first kappa shape index (κ1) is 14.1. The molecule has 104 valence electrons. The molecule has 19 heavy (non-hydrogen) atoms. The Labute approximate surface area is 115 Å². The van der Waals surface area contributed by atoms with E-state index in [9.17, 15) is 9.90 Å². The van der Waals surface area contributed by atoms with Gasteiger partial charge in [0, 0.05) is 0 Å². The lowest BCUT2D eigenvalue weighted by Crippen LogP contribution is -2.57. The van der Waals surface area contributed by atoms with Crippen molar-refractivity contribution < 1.29 is 9.90 Å². The number of carbonyl (C=O) groups is 1. The van der Waals surface area contributed by atoms with Gasteiger partial charge in [-0.25, -0.2) is 4.79 Å². The van der Waals surface area contributed by atoms with E-state index in [1.165, 1.54) is 6.42 Å². The van der Waals surface area contributed by atoms with Gasteiger partial charge in [-0.2, -0.15) is 0 Å². The minimum absolute atomic E-state index is 0.0329. The van der Waals surface area contributed by atoms with Crippen molar-refractivity contribution >= 4 is 5.97 Å². The van der Waals surface area contributed by atoms with Crippen molar-refractivity contribution in [1.82, 2.24) is 4.90 Å². The number of carboxylic acids is 1. The Hall–Kier alpha value is -1.35. The summed E-state index contributed by atoms with van der Waals surface area (Å²) in [6.07, 6.45) is 3.39. The van der Waals surface area contributed by atoms with Gasteiger partial charge in [-0.15, -0.1) is 0 Å². The summed E-state index contributed by atoms with van der Waals surface area (Å²) in [4.78, 5) is 14.3. The van der Waals surface area contributed by atoms with E-state index >= 15 is 0 Å². The molecule has 0 radical (unpaired) electrons. The lowest BCUT2D eigenvalue weighted by Gasteiger charge is -2.45. The maximum absolute atomic E-state index is 12.1. The van der Waals surface area contributed by atoms with E-state index in [0.717, 1.165) is 31.5 Å². The van der Waals surface area contributed by atoms with Crippen LogP contribution in [0.4, 0.5) is 0 Å². The second-order valence-electron chi connectivity index (χ2n) is 5.64. The van der Waals surface area contributed by atoms with E-state index < -0.39 is 11.5 Å². The molecule has 3 nitrogen and oxygen atoms in total. The molecular weight excluding hydrogens is 238 g/mol. The van der Waals surface area contributed by atoms with Crippen molar-refractivity contribution in [3.8, 4) is 0 Å². The molecule has 2 rings (SSSR count). The van der Waals surface area contributed by atoms with Crippen LogP contribution in [0, 0.1) is 5.92 Å². The van der Waals surface area contributed by atoms with Crippen LogP contribution in [0.15, 0.2) is 30.3 Å². The molecule has 1 atom stereocenters. The first-order chi connectivity index (χ1) is 9.10. The number of rotatable bonds is 4. The van der Waals surface area contributed by atoms with Gasteiger partial charge in [0.25, 0.3) is 0 Å². The van der Waals surface area contributed by atoms with Crippen molar-refractivity contribution in [2.75, 3.05) is 13.1 Å². The zero-order valence-electron chi connectivity index (χ0n) is 11.8. The number of hydrogen-bond donors (Lipinski definition) is 1. The summed E-state index contributed by atoms with van der Waals surface area (Å²) in [7, 11) is 0. The van der Waals surface area contributed by atoms with Crippen LogP contribution >= 0.6 is 0 Å². The number of piperidine rings is 1. The highest BCUT2D eigenvalue weighted by atomic mass is 16.4. The Bertz CT molecular complexity index is 424. The standard InChI is InChI=1S/C16H23NO2/c1-13(2)16(15(18)19,14-9-5-3-6-10-14)17-11-7-4-8-12-17/h3,5-6,9-10,13H,4,7-8,11-12H2,1-2H3,(H,18,19). The predicted molar refractivity (Wildman–Crippen MR) is 76.0 cm³/mol. The van der Waals surface area contributed by atoms with Crippen LogP contribution < -0.4 is 0 Å². The fourth-order valence-corrected chi connectivity index (χ4v) is 3.33. The highest BCUT2D eigenvalue weighted by Gasteiger charge is 2.48. The van der Waals surface area contributed by atoms with Gasteiger partial charge in [0.1, 0.15) is 5.54 Å². The fourth-order valence-electron chi connectivity index (χ4n) is 3.33. The summed E-state index contributed by atoms with van der Waals surface area (Å²) in [6.45, 7) is 5.77. The van der Waals surface area contributed by atoms with Crippen molar-refractivity contribution in [3.05, 3.63) is 35.9 Å². The van der Waals surface area contributed by atoms with E-state index in [0.29, 0.717) is 0 Å². The van der Waals surface area contributed by atoms with E-state index in [1.807, 2.05) is 44.2 Å². The van der Waals surface area contributed by atoms with Crippen LogP contribution in [0.25, 0.3) is 0 Å². The molecule has 1 aromatic carbocycles. The summed E-state index contributed by atoms with van der Waals surface area (Å²) >= 11 is 0. The fraction of sp³-hybridized carbons (Fsp3) is 0.562. The zero-order chi connectivity index (χ0) is 13.9. The second kappa shape index (κ2) is 5.74. The van der Waals surface area contributed by atoms with Crippen LogP contribution in [0.2, 0.25) is 0 Å². The third kappa shape index (κ3) is 2.39. The van der Waals surface area contributed by atoms with Gasteiger partial charge < -0.3 is 5.11 Å². The summed E-state index contributed by atoms with van der Waals surface area (Å²) in [5.41, 5.74) is 0.0150. The van der Waals surface area contributed by atoms with Crippen LogP contribution in [0.1, 0.15) is 38.7 Å². The van der Waals surface area contributed by atoms with Crippen LogP contribution in [0.5, 0.6) is 0 Å². The molecule has 0 bridgehead atoms. The molecule has 1 saturated heterocycles. The summed E-state index contributed by atoms with van der Waals surface area (Å²) in [5, 5.41) is 9.96. The molecule has 3 heteroatoms. The van der Waals surface area contributed by atoms with Gasteiger partial charge in [0.2, 0.25) is 0 Å². The molecular formula is C16H23NO2. The average Bonchev–Trinajstić information content (AvgIpc) is 2.41. The molecule has 1 aliphatic heterocycles. The summed E-state index contributed by atoms with van der Waals surface area (Å²) < 4.78 is 0. The van der Waals surface area contributed by atoms with E-state index in [1.54, 1.807) is 0 Å². The first-order valence-corrected chi connectivity index (χ1v) is 7.14. The molecule has 1 unspecified atom stereocenters. The third-order valence-corrected chi connectivity index (χ3v) is 4.23. The third-order valence-electron chi connectivity index (χ3n) is 4.23. The lowest BCUT2D eigenvalue weighted by atomic mass is 9.77. The summed E-state index contributed by atoms with van der Waals surface area (Å²) in [6, 6.07) is 9.69. The van der Waals surface area contributed by atoms with E-state index in [2.05, 4.69) is 4.90 Å². The maximum Gasteiger partial charge on any atom is 0.329 e. The lowest BCUT2D eigenvalue weighted by molar-refractivity contribution is -0.157.